The molecule has 0 saturated carbocycles. The van der Waals surface area contributed by atoms with Crippen molar-refractivity contribution < 1.29 is 9.53 Å². The Morgan fingerprint density at radius 2 is 2.45 bits per heavy atom. The van der Waals surface area contributed by atoms with Crippen molar-refractivity contribution in [2.75, 3.05) is 26.3 Å². The fraction of sp³-hybridized carbons (Fsp3) is 0.467. The maximum Gasteiger partial charge on any atom is 0.239 e. The minimum absolute atomic E-state index is 0.0200. The minimum atomic E-state index is -0.217. The van der Waals surface area contributed by atoms with Crippen molar-refractivity contribution in [1.82, 2.24) is 15.6 Å². The van der Waals surface area contributed by atoms with E-state index in [1.54, 1.807) is 22.7 Å². The van der Waals surface area contributed by atoms with Crippen molar-refractivity contribution >= 4 is 28.6 Å². The van der Waals surface area contributed by atoms with Gasteiger partial charge in [0.1, 0.15) is 6.04 Å². The van der Waals surface area contributed by atoms with Crippen molar-refractivity contribution in [3.05, 3.63) is 27.4 Å². The summed E-state index contributed by atoms with van der Waals surface area (Å²) in [5.41, 5.74) is 1.05. The molecule has 0 bridgehead atoms. The first kappa shape index (κ1) is 15.6. The molecular formula is C15H19N3O2S2. The Morgan fingerprint density at radius 3 is 3.18 bits per heavy atom. The van der Waals surface area contributed by atoms with Crippen LogP contribution in [0.2, 0.25) is 0 Å². The number of hydrogen-bond acceptors (Lipinski definition) is 6. The number of nitrogens with zero attached hydrogens (tertiary/aromatic N) is 1. The third-order valence-electron chi connectivity index (χ3n) is 3.44. The van der Waals surface area contributed by atoms with Crippen LogP contribution in [-0.2, 0) is 16.0 Å². The number of rotatable bonds is 5. The molecule has 0 aromatic carbocycles. The first-order valence-electron chi connectivity index (χ1n) is 7.32. The van der Waals surface area contributed by atoms with Gasteiger partial charge in [-0.05, 0) is 25.5 Å². The van der Waals surface area contributed by atoms with Gasteiger partial charge in [-0.15, -0.1) is 22.7 Å². The molecule has 3 heterocycles. The van der Waals surface area contributed by atoms with Crippen LogP contribution in [0.1, 0.15) is 9.88 Å². The lowest BCUT2D eigenvalue weighted by molar-refractivity contribution is -0.125. The summed E-state index contributed by atoms with van der Waals surface area (Å²) in [4.78, 5) is 18.9. The third kappa shape index (κ3) is 3.92. The van der Waals surface area contributed by atoms with Gasteiger partial charge >= 0.3 is 0 Å². The van der Waals surface area contributed by atoms with E-state index in [9.17, 15) is 4.79 Å². The second-order valence-corrected chi connectivity index (χ2v) is 7.37. The second-order valence-electron chi connectivity index (χ2n) is 5.14. The Morgan fingerprint density at radius 1 is 1.55 bits per heavy atom. The van der Waals surface area contributed by atoms with E-state index >= 15 is 0 Å². The van der Waals surface area contributed by atoms with Crippen LogP contribution in [0.15, 0.2) is 17.5 Å². The summed E-state index contributed by atoms with van der Waals surface area (Å²) in [5, 5.41) is 9.29. The van der Waals surface area contributed by atoms with Crippen LogP contribution in [0.3, 0.4) is 0 Å². The molecule has 1 atom stereocenters. The van der Waals surface area contributed by atoms with Gasteiger partial charge in [-0.2, -0.15) is 0 Å². The fourth-order valence-electron chi connectivity index (χ4n) is 2.29. The van der Waals surface area contributed by atoms with E-state index in [4.69, 9.17) is 4.74 Å². The van der Waals surface area contributed by atoms with E-state index in [0.29, 0.717) is 19.8 Å². The number of hydrogen-bond donors (Lipinski definition) is 2. The van der Waals surface area contributed by atoms with Gasteiger partial charge in [0.15, 0.2) is 0 Å². The zero-order valence-electron chi connectivity index (χ0n) is 12.4. The molecule has 1 fully saturated rings. The molecule has 1 saturated heterocycles. The lowest BCUT2D eigenvalue weighted by Gasteiger charge is -2.22. The van der Waals surface area contributed by atoms with Gasteiger partial charge in [0.25, 0.3) is 0 Å². The van der Waals surface area contributed by atoms with Gasteiger partial charge in [-0.1, -0.05) is 0 Å². The van der Waals surface area contributed by atoms with Gasteiger partial charge in [0.2, 0.25) is 5.91 Å². The summed E-state index contributed by atoms with van der Waals surface area (Å²) >= 11 is 3.40. The number of thiophene rings is 1. The highest BCUT2D eigenvalue weighted by molar-refractivity contribution is 7.16. The minimum Gasteiger partial charge on any atom is -0.378 e. The summed E-state index contributed by atoms with van der Waals surface area (Å²) in [6, 6.07) is 4.00. The molecule has 1 unspecified atom stereocenters. The maximum absolute atomic E-state index is 12.0. The molecular weight excluding hydrogens is 318 g/mol. The normalized spacial score (nSPS) is 18.3. The SMILES string of the molecule is Cc1nc(-c2ccc(CCNC(=O)C3COCCN3)s2)cs1. The molecule has 1 aliphatic rings. The molecule has 1 amide bonds. The second kappa shape index (κ2) is 7.32. The van der Waals surface area contributed by atoms with Crippen LogP contribution >= 0.6 is 22.7 Å². The van der Waals surface area contributed by atoms with Gasteiger partial charge in [-0.3, -0.25) is 4.79 Å². The lowest BCUT2D eigenvalue weighted by Crippen LogP contribution is -2.51. The summed E-state index contributed by atoms with van der Waals surface area (Å²) in [7, 11) is 0. The number of morpholine rings is 1. The molecule has 2 aromatic rings. The van der Waals surface area contributed by atoms with E-state index in [-0.39, 0.29) is 11.9 Å². The summed E-state index contributed by atoms with van der Waals surface area (Å²) in [6.07, 6.45) is 0.840. The highest BCUT2D eigenvalue weighted by Gasteiger charge is 2.20. The number of aryl methyl sites for hydroxylation is 1. The first-order chi connectivity index (χ1) is 10.7. The van der Waals surface area contributed by atoms with Gasteiger partial charge in [0.05, 0.1) is 28.8 Å². The Labute approximate surface area is 137 Å². The number of thiazole rings is 1. The van der Waals surface area contributed by atoms with Crippen molar-refractivity contribution in [3.63, 3.8) is 0 Å². The molecule has 5 nitrogen and oxygen atoms in total. The molecule has 7 heteroatoms. The highest BCUT2D eigenvalue weighted by atomic mass is 32.1. The molecule has 0 radical (unpaired) electrons. The Balaban J connectivity index is 1.47. The number of amides is 1. The van der Waals surface area contributed by atoms with Crippen molar-refractivity contribution in [2.24, 2.45) is 0 Å². The molecule has 1 aliphatic heterocycles. The molecule has 2 aromatic heterocycles. The molecule has 118 valence electrons. The van der Waals surface area contributed by atoms with E-state index < -0.39 is 0 Å². The summed E-state index contributed by atoms with van der Waals surface area (Å²) < 4.78 is 5.29. The third-order valence-corrected chi connectivity index (χ3v) is 5.38. The number of aromatic nitrogens is 1. The van der Waals surface area contributed by atoms with Crippen molar-refractivity contribution in [2.45, 2.75) is 19.4 Å². The van der Waals surface area contributed by atoms with E-state index in [2.05, 4.69) is 33.1 Å². The fourth-order valence-corrected chi connectivity index (χ4v) is 3.95. The Bertz CT molecular complexity index is 632. The molecule has 0 aliphatic carbocycles. The van der Waals surface area contributed by atoms with Crippen LogP contribution in [-0.4, -0.2) is 43.2 Å². The van der Waals surface area contributed by atoms with Crippen LogP contribution in [0.5, 0.6) is 0 Å². The molecule has 22 heavy (non-hydrogen) atoms. The zero-order chi connectivity index (χ0) is 15.4. The zero-order valence-corrected chi connectivity index (χ0v) is 14.1. The predicted octanol–water partition coefficient (Wildman–Crippen LogP) is 1.83. The molecule has 0 spiro atoms. The number of carbonyl (C=O) groups is 1. The summed E-state index contributed by atoms with van der Waals surface area (Å²) in [6.45, 7) is 4.53. The largest absolute Gasteiger partial charge is 0.378 e. The summed E-state index contributed by atoms with van der Waals surface area (Å²) in [5.74, 6) is 0.0200. The van der Waals surface area contributed by atoms with Gasteiger partial charge in [-0.25, -0.2) is 4.98 Å². The van der Waals surface area contributed by atoms with Crippen LogP contribution in [0.25, 0.3) is 10.6 Å². The van der Waals surface area contributed by atoms with E-state index in [1.807, 2.05) is 6.92 Å². The number of carbonyl (C=O) groups excluding carboxylic acids is 1. The maximum atomic E-state index is 12.0. The smallest absolute Gasteiger partial charge is 0.239 e. The topological polar surface area (TPSA) is 63.2 Å². The van der Waals surface area contributed by atoms with Crippen molar-refractivity contribution in [1.29, 1.82) is 0 Å². The average Bonchev–Trinajstić information content (AvgIpc) is 3.17. The van der Waals surface area contributed by atoms with Crippen LogP contribution in [0.4, 0.5) is 0 Å². The highest BCUT2D eigenvalue weighted by Crippen LogP contribution is 2.29. The average molecular weight is 337 g/mol. The first-order valence-corrected chi connectivity index (χ1v) is 9.02. The quantitative estimate of drug-likeness (QED) is 0.874. The predicted molar refractivity (Wildman–Crippen MR) is 89.5 cm³/mol. The van der Waals surface area contributed by atoms with Crippen molar-refractivity contribution in [3.8, 4) is 10.6 Å². The Hall–Kier alpha value is -1.28. The van der Waals surface area contributed by atoms with Gasteiger partial charge < -0.3 is 15.4 Å². The molecule has 3 rings (SSSR count). The van der Waals surface area contributed by atoms with E-state index in [0.717, 1.165) is 23.7 Å². The van der Waals surface area contributed by atoms with Gasteiger partial charge in [0, 0.05) is 23.3 Å². The molecule has 2 N–H and O–H groups in total. The lowest BCUT2D eigenvalue weighted by atomic mass is 10.2. The number of ether oxygens (including phenoxy) is 1. The standard InChI is InChI=1S/C15H19N3O2S2/c1-10-18-13(9-21-10)14-3-2-11(22-14)4-5-17-15(19)12-8-20-7-6-16-12/h2-3,9,12,16H,4-8H2,1H3,(H,17,19). The monoisotopic (exact) mass is 337 g/mol. The van der Waals surface area contributed by atoms with Crippen LogP contribution < -0.4 is 10.6 Å². The van der Waals surface area contributed by atoms with Crippen LogP contribution in [0, 0.1) is 6.92 Å². The Kier molecular flexibility index (Phi) is 5.20. The van der Waals surface area contributed by atoms with E-state index in [1.165, 1.54) is 9.75 Å². The number of nitrogens with one attached hydrogen (secondary N) is 2.